The van der Waals surface area contributed by atoms with Gasteiger partial charge in [0.2, 0.25) is 11.6 Å². The van der Waals surface area contributed by atoms with Crippen LogP contribution in [0.25, 0.3) is 10.4 Å². The summed E-state index contributed by atoms with van der Waals surface area (Å²) in [6, 6.07) is 7.96. The van der Waals surface area contributed by atoms with Crippen LogP contribution in [0.5, 0.6) is 0 Å². The van der Waals surface area contributed by atoms with E-state index in [1.54, 1.807) is 24.3 Å². The third-order valence-electron chi connectivity index (χ3n) is 2.49. The second-order valence-corrected chi connectivity index (χ2v) is 4.10. The molecule has 1 aromatic carbocycles. The molecule has 0 unspecified atom stereocenters. The lowest BCUT2D eigenvalue weighted by Crippen LogP contribution is -2.42. The Morgan fingerprint density at radius 1 is 1.33 bits per heavy atom. The maximum atomic E-state index is 11.6. The number of azide groups is 1. The first-order valence-corrected chi connectivity index (χ1v) is 6.09. The van der Waals surface area contributed by atoms with Crippen molar-refractivity contribution in [2.75, 3.05) is 6.54 Å². The van der Waals surface area contributed by atoms with Gasteiger partial charge in [-0.3, -0.25) is 9.59 Å². The van der Waals surface area contributed by atoms with Gasteiger partial charge in [0.25, 0.3) is 0 Å². The van der Waals surface area contributed by atoms with E-state index in [4.69, 9.17) is 10.3 Å². The van der Waals surface area contributed by atoms with Crippen molar-refractivity contribution in [3.05, 3.63) is 46.3 Å². The van der Waals surface area contributed by atoms with E-state index in [-0.39, 0.29) is 6.61 Å². The number of carbonyl (C=O) groups is 3. The van der Waals surface area contributed by atoms with Crippen LogP contribution in [-0.4, -0.2) is 30.2 Å². The summed E-state index contributed by atoms with van der Waals surface area (Å²) in [4.78, 5) is 36.7. The largest absolute Gasteiger partial charge is 0.445 e. The van der Waals surface area contributed by atoms with Crippen LogP contribution < -0.4 is 5.32 Å². The smallest absolute Gasteiger partial charge is 0.408 e. The number of nitrogens with zero attached hydrogens (tertiary/aromatic N) is 3. The number of nitrogens with one attached hydrogen (secondary N) is 1. The lowest BCUT2D eigenvalue weighted by atomic mass is 10.1. The number of carbonyl (C=O) groups excluding carboxylic acids is 3. The van der Waals surface area contributed by atoms with E-state index < -0.39 is 30.2 Å². The molecule has 0 aliphatic carbocycles. The number of alkyl carbamates (subject to hydrolysis) is 1. The predicted octanol–water partition coefficient (Wildman–Crippen LogP) is 1.75. The number of rotatable bonds is 7. The highest BCUT2D eigenvalue weighted by molar-refractivity contribution is 6.40. The second kappa shape index (κ2) is 8.34. The quantitative estimate of drug-likeness (QED) is 0.355. The molecule has 0 saturated heterocycles. The first-order valence-electron chi connectivity index (χ1n) is 6.09. The lowest BCUT2D eigenvalue weighted by molar-refractivity contribution is -0.136. The van der Waals surface area contributed by atoms with Gasteiger partial charge in [-0.25, -0.2) is 4.79 Å². The summed E-state index contributed by atoms with van der Waals surface area (Å²) in [6.07, 6.45) is -0.809. The van der Waals surface area contributed by atoms with Gasteiger partial charge in [-0.05, 0) is 18.0 Å². The molecule has 0 radical (unpaired) electrons. The Morgan fingerprint density at radius 3 is 2.62 bits per heavy atom. The van der Waals surface area contributed by atoms with Crippen LogP contribution in [0.3, 0.4) is 0 Å². The van der Waals surface area contributed by atoms with Crippen molar-refractivity contribution in [2.24, 2.45) is 5.11 Å². The number of amides is 1. The Morgan fingerprint density at radius 2 is 2.00 bits per heavy atom. The predicted molar refractivity (Wildman–Crippen MR) is 73.3 cm³/mol. The van der Waals surface area contributed by atoms with Crippen molar-refractivity contribution in [1.29, 1.82) is 0 Å². The van der Waals surface area contributed by atoms with Gasteiger partial charge in [-0.15, -0.1) is 0 Å². The molecule has 8 heteroatoms. The first-order chi connectivity index (χ1) is 10.0. The number of benzene rings is 1. The van der Waals surface area contributed by atoms with Crippen LogP contribution in [0.4, 0.5) is 4.79 Å². The topological polar surface area (TPSA) is 121 Å². The minimum atomic E-state index is -1.05. The van der Waals surface area contributed by atoms with E-state index in [0.717, 1.165) is 5.56 Å². The fraction of sp³-hybridized carbons (Fsp3) is 0.308. The molecular formula is C13H14N4O4. The minimum absolute atomic E-state index is 0.0558. The summed E-state index contributed by atoms with van der Waals surface area (Å²) in [5.74, 6) is -1.72. The molecule has 0 bridgehead atoms. The van der Waals surface area contributed by atoms with Gasteiger partial charge in [-0.1, -0.05) is 35.4 Å². The van der Waals surface area contributed by atoms with E-state index in [2.05, 4.69) is 15.3 Å². The number of ketones is 2. The van der Waals surface area contributed by atoms with E-state index >= 15 is 0 Å². The van der Waals surface area contributed by atoms with Crippen LogP contribution >= 0.6 is 0 Å². The molecule has 0 saturated carbocycles. The average molecular weight is 290 g/mol. The standard InChI is InChI=1S/C13H14N4O4/c1-9(12(19)11(18)7-15-17-14)16-13(20)21-8-10-5-3-2-4-6-10/h2-6,9H,7-8H2,1H3,(H,16,20)/t9-/m0/s1. The summed E-state index contributed by atoms with van der Waals surface area (Å²) < 4.78 is 4.91. The monoisotopic (exact) mass is 290 g/mol. The van der Waals surface area contributed by atoms with Gasteiger partial charge in [0.05, 0.1) is 12.6 Å². The maximum absolute atomic E-state index is 11.6. The molecule has 1 amide bonds. The van der Waals surface area contributed by atoms with E-state index in [0.29, 0.717) is 0 Å². The summed E-state index contributed by atoms with van der Waals surface area (Å²) >= 11 is 0. The summed E-state index contributed by atoms with van der Waals surface area (Å²) in [5.41, 5.74) is 8.86. The number of ether oxygens (including phenoxy) is 1. The minimum Gasteiger partial charge on any atom is -0.445 e. The first kappa shape index (κ1) is 16.2. The molecule has 1 rings (SSSR count). The van der Waals surface area contributed by atoms with Crippen molar-refractivity contribution in [1.82, 2.24) is 5.32 Å². The zero-order valence-electron chi connectivity index (χ0n) is 11.4. The molecule has 0 fully saturated rings. The van der Waals surface area contributed by atoms with Crippen molar-refractivity contribution >= 4 is 17.7 Å². The van der Waals surface area contributed by atoms with Gasteiger partial charge in [0.15, 0.2) is 0 Å². The normalized spacial score (nSPS) is 10.9. The van der Waals surface area contributed by atoms with E-state index in [1.165, 1.54) is 6.92 Å². The van der Waals surface area contributed by atoms with Crippen LogP contribution in [0.2, 0.25) is 0 Å². The van der Waals surface area contributed by atoms with Gasteiger partial charge in [0.1, 0.15) is 6.61 Å². The molecule has 1 atom stereocenters. The number of hydrogen-bond acceptors (Lipinski definition) is 5. The van der Waals surface area contributed by atoms with Gasteiger partial charge >= 0.3 is 6.09 Å². The fourth-order valence-corrected chi connectivity index (χ4v) is 1.42. The Balaban J connectivity index is 2.41. The average Bonchev–Trinajstić information content (AvgIpc) is 2.50. The van der Waals surface area contributed by atoms with Gasteiger partial charge in [0, 0.05) is 4.91 Å². The van der Waals surface area contributed by atoms with Crippen molar-refractivity contribution in [3.63, 3.8) is 0 Å². The summed E-state index contributed by atoms with van der Waals surface area (Å²) in [7, 11) is 0. The van der Waals surface area contributed by atoms with E-state index in [1.807, 2.05) is 6.07 Å². The van der Waals surface area contributed by atoms with Crippen LogP contribution in [0, 0.1) is 0 Å². The Hall–Kier alpha value is -2.86. The molecule has 0 heterocycles. The fourth-order valence-electron chi connectivity index (χ4n) is 1.42. The molecule has 8 nitrogen and oxygen atoms in total. The zero-order chi connectivity index (χ0) is 15.7. The third kappa shape index (κ3) is 5.75. The van der Waals surface area contributed by atoms with Crippen molar-refractivity contribution in [3.8, 4) is 0 Å². The Kier molecular flexibility index (Phi) is 6.43. The van der Waals surface area contributed by atoms with Crippen molar-refractivity contribution < 1.29 is 19.1 Å². The molecule has 0 aliphatic heterocycles. The molecule has 21 heavy (non-hydrogen) atoms. The van der Waals surface area contributed by atoms with Gasteiger partial charge in [-0.2, -0.15) is 0 Å². The highest BCUT2D eigenvalue weighted by Crippen LogP contribution is 2.01. The number of hydrogen-bond donors (Lipinski definition) is 1. The Bertz CT molecular complexity index is 567. The maximum Gasteiger partial charge on any atom is 0.408 e. The molecule has 1 aromatic rings. The molecular weight excluding hydrogens is 276 g/mol. The van der Waals surface area contributed by atoms with E-state index in [9.17, 15) is 14.4 Å². The zero-order valence-corrected chi connectivity index (χ0v) is 11.4. The second-order valence-electron chi connectivity index (χ2n) is 4.10. The molecule has 0 spiro atoms. The highest BCUT2D eigenvalue weighted by Gasteiger charge is 2.22. The van der Waals surface area contributed by atoms with Crippen LogP contribution in [0.1, 0.15) is 12.5 Å². The number of Topliss-reactive ketones (excluding diaryl/α,β-unsaturated/α-hetero) is 2. The third-order valence-corrected chi connectivity index (χ3v) is 2.49. The molecule has 0 aliphatic rings. The molecule has 0 aromatic heterocycles. The highest BCUT2D eigenvalue weighted by atomic mass is 16.5. The van der Waals surface area contributed by atoms with Crippen molar-refractivity contribution in [2.45, 2.75) is 19.6 Å². The SMILES string of the molecule is C[C@H](NC(=O)OCc1ccccc1)C(=O)C(=O)CN=[N+]=[N-]. The summed E-state index contributed by atoms with van der Waals surface area (Å²) in [6.45, 7) is 0.834. The lowest BCUT2D eigenvalue weighted by Gasteiger charge is -2.12. The van der Waals surface area contributed by atoms with Crippen LogP contribution in [0.15, 0.2) is 35.4 Å². The molecule has 1 N–H and O–H groups in total. The Labute approximate surface area is 120 Å². The molecule has 110 valence electrons. The summed E-state index contributed by atoms with van der Waals surface area (Å²) in [5, 5.41) is 5.24. The van der Waals surface area contributed by atoms with Gasteiger partial charge < -0.3 is 10.1 Å². The van der Waals surface area contributed by atoms with Crippen LogP contribution in [-0.2, 0) is 20.9 Å².